The first-order chi connectivity index (χ1) is 11.0. The van der Waals surface area contributed by atoms with Gasteiger partial charge >= 0.3 is 0 Å². The first kappa shape index (κ1) is 15.7. The van der Waals surface area contributed by atoms with E-state index in [0.717, 1.165) is 16.6 Å². The number of benzene rings is 2. The van der Waals surface area contributed by atoms with Crippen molar-refractivity contribution < 1.29 is 9.18 Å². The van der Waals surface area contributed by atoms with Crippen molar-refractivity contribution in [2.24, 2.45) is 0 Å². The van der Waals surface area contributed by atoms with E-state index in [4.69, 9.17) is 0 Å². The Labute approximate surface area is 141 Å². The Hall–Kier alpha value is -2.21. The zero-order valence-electron chi connectivity index (χ0n) is 12.4. The quantitative estimate of drug-likeness (QED) is 0.726. The molecule has 0 radical (unpaired) electrons. The lowest BCUT2D eigenvalue weighted by molar-refractivity contribution is -0.121. The van der Waals surface area contributed by atoms with Crippen LogP contribution in [0, 0.1) is 5.82 Å². The van der Waals surface area contributed by atoms with Crippen molar-refractivity contribution in [3.8, 4) is 0 Å². The minimum Gasteiger partial charge on any atom is -0.346 e. The molecule has 0 unspecified atom stereocenters. The Kier molecular flexibility index (Phi) is 4.43. The fourth-order valence-corrected chi connectivity index (χ4v) is 2.80. The number of nitrogens with one attached hydrogen (secondary N) is 2. The third kappa shape index (κ3) is 3.59. The summed E-state index contributed by atoms with van der Waals surface area (Å²) in [6.07, 6.45) is 0.184. The number of hydrogen-bond acceptors (Lipinski definition) is 2. The Morgan fingerprint density at radius 1 is 1.35 bits per heavy atom. The molecule has 0 aliphatic heterocycles. The number of imidazole rings is 1. The third-order valence-electron chi connectivity index (χ3n) is 3.54. The molecule has 1 amide bonds. The summed E-state index contributed by atoms with van der Waals surface area (Å²) < 4.78 is 13.6. The number of rotatable bonds is 4. The van der Waals surface area contributed by atoms with Gasteiger partial charge in [0, 0.05) is 0 Å². The summed E-state index contributed by atoms with van der Waals surface area (Å²) >= 11 is 3.12. The molecule has 2 aromatic carbocycles. The van der Waals surface area contributed by atoms with E-state index in [1.165, 1.54) is 6.07 Å². The number of carbonyl (C=O) groups excluding carboxylic acids is 1. The zero-order valence-corrected chi connectivity index (χ0v) is 14.0. The summed E-state index contributed by atoms with van der Waals surface area (Å²) in [6.45, 7) is 1.87. The Morgan fingerprint density at radius 2 is 2.13 bits per heavy atom. The van der Waals surface area contributed by atoms with E-state index in [2.05, 4.69) is 31.2 Å². The molecule has 1 heterocycles. The van der Waals surface area contributed by atoms with Gasteiger partial charge in [0.05, 0.1) is 28.0 Å². The van der Waals surface area contributed by atoms with Crippen molar-refractivity contribution in [2.45, 2.75) is 19.4 Å². The van der Waals surface area contributed by atoms with E-state index < -0.39 is 0 Å². The second-order valence-electron chi connectivity index (χ2n) is 5.35. The molecule has 0 spiro atoms. The van der Waals surface area contributed by atoms with Gasteiger partial charge in [-0.3, -0.25) is 4.79 Å². The van der Waals surface area contributed by atoms with Crippen LogP contribution in [0.4, 0.5) is 4.39 Å². The molecule has 0 saturated carbocycles. The lowest BCUT2D eigenvalue weighted by atomic mass is 10.1. The summed E-state index contributed by atoms with van der Waals surface area (Å²) in [6, 6.07) is 12.0. The fraction of sp³-hybridized carbons (Fsp3) is 0.176. The van der Waals surface area contributed by atoms with Gasteiger partial charge in [-0.25, -0.2) is 9.37 Å². The van der Waals surface area contributed by atoms with Gasteiger partial charge in [-0.1, -0.05) is 18.2 Å². The van der Waals surface area contributed by atoms with E-state index in [-0.39, 0.29) is 24.2 Å². The topological polar surface area (TPSA) is 57.8 Å². The third-order valence-corrected chi connectivity index (χ3v) is 4.15. The highest BCUT2D eigenvalue weighted by Gasteiger charge is 2.14. The van der Waals surface area contributed by atoms with Crippen LogP contribution in [-0.2, 0) is 11.2 Å². The van der Waals surface area contributed by atoms with Gasteiger partial charge in [0.1, 0.15) is 11.6 Å². The average Bonchev–Trinajstić information content (AvgIpc) is 2.95. The molecule has 2 N–H and O–H groups in total. The number of hydrogen-bond donors (Lipinski definition) is 2. The average molecular weight is 376 g/mol. The number of nitrogens with zero attached hydrogens (tertiary/aromatic N) is 1. The standard InChI is InChI=1S/C17H15BrFN3O/c1-10(17-21-14-4-2-3-5-15(14)22-17)20-16(23)9-11-6-7-13(19)12(18)8-11/h2-8,10H,9H2,1H3,(H,20,23)(H,21,22)/t10-/m1/s1. The van der Waals surface area contributed by atoms with Crippen molar-refractivity contribution in [2.75, 3.05) is 0 Å². The number of fused-ring (bicyclic) bond motifs is 1. The van der Waals surface area contributed by atoms with Gasteiger partial charge in [-0.15, -0.1) is 0 Å². The van der Waals surface area contributed by atoms with Crippen LogP contribution in [0.2, 0.25) is 0 Å². The van der Waals surface area contributed by atoms with E-state index in [0.29, 0.717) is 10.3 Å². The van der Waals surface area contributed by atoms with Crippen LogP contribution in [-0.4, -0.2) is 15.9 Å². The van der Waals surface area contributed by atoms with Crippen LogP contribution in [0.25, 0.3) is 11.0 Å². The molecule has 3 rings (SSSR count). The molecule has 0 aliphatic carbocycles. The van der Waals surface area contributed by atoms with Gasteiger partial charge < -0.3 is 10.3 Å². The second kappa shape index (κ2) is 6.50. The summed E-state index contributed by atoms with van der Waals surface area (Å²) in [5.74, 6) is 0.223. The van der Waals surface area contributed by atoms with Crippen molar-refractivity contribution in [3.05, 3.63) is 64.1 Å². The fourth-order valence-electron chi connectivity index (χ4n) is 2.37. The van der Waals surface area contributed by atoms with Gasteiger partial charge in [0.15, 0.2) is 0 Å². The summed E-state index contributed by atoms with van der Waals surface area (Å²) in [4.78, 5) is 19.8. The molecule has 0 fully saturated rings. The molecule has 0 aliphatic rings. The van der Waals surface area contributed by atoms with Crippen molar-refractivity contribution in [1.29, 1.82) is 0 Å². The van der Waals surface area contributed by atoms with Crippen molar-refractivity contribution >= 4 is 32.9 Å². The highest BCUT2D eigenvalue weighted by atomic mass is 79.9. The van der Waals surface area contributed by atoms with Gasteiger partial charge in [0.2, 0.25) is 5.91 Å². The number of aromatic nitrogens is 2. The number of amides is 1. The van der Waals surface area contributed by atoms with Crippen molar-refractivity contribution in [1.82, 2.24) is 15.3 Å². The molecule has 3 aromatic rings. The number of H-pyrrole nitrogens is 1. The van der Waals surface area contributed by atoms with E-state index >= 15 is 0 Å². The second-order valence-corrected chi connectivity index (χ2v) is 6.21. The molecule has 4 nitrogen and oxygen atoms in total. The predicted molar refractivity (Wildman–Crippen MR) is 90.5 cm³/mol. The molecule has 23 heavy (non-hydrogen) atoms. The van der Waals surface area contributed by atoms with Gasteiger partial charge in [0.25, 0.3) is 0 Å². The monoisotopic (exact) mass is 375 g/mol. The van der Waals surface area contributed by atoms with Crippen LogP contribution >= 0.6 is 15.9 Å². The smallest absolute Gasteiger partial charge is 0.224 e. The Bertz CT molecular complexity index is 829. The normalized spacial score (nSPS) is 12.3. The zero-order chi connectivity index (χ0) is 16.4. The Balaban J connectivity index is 1.67. The van der Waals surface area contributed by atoms with Gasteiger partial charge in [-0.2, -0.15) is 0 Å². The maximum atomic E-state index is 13.2. The van der Waals surface area contributed by atoms with Crippen LogP contribution in [0.5, 0.6) is 0 Å². The van der Waals surface area contributed by atoms with Crippen LogP contribution in [0.1, 0.15) is 24.4 Å². The highest BCUT2D eigenvalue weighted by Crippen LogP contribution is 2.18. The molecule has 1 atom stereocenters. The van der Waals surface area contributed by atoms with E-state index in [1.54, 1.807) is 12.1 Å². The van der Waals surface area contributed by atoms with Crippen LogP contribution in [0.15, 0.2) is 46.9 Å². The number of halogens is 2. The molecule has 0 saturated heterocycles. The minimum absolute atomic E-state index is 0.142. The van der Waals surface area contributed by atoms with Crippen LogP contribution in [0.3, 0.4) is 0 Å². The molecule has 1 aromatic heterocycles. The minimum atomic E-state index is -0.343. The Morgan fingerprint density at radius 3 is 2.87 bits per heavy atom. The summed E-state index contributed by atoms with van der Waals surface area (Å²) in [5, 5.41) is 2.90. The lowest BCUT2D eigenvalue weighted by Gasteiger charge is -2.11. The highest BCUT2D eigenvalue weighted by molar-refractivity contribution is 9.10. The van der Waals surface area contributed by atoms with Crippen LogP contribution < -0.4 is 5.32 Å². The molecular formula is C17H15BrFN3O. The lowest BCUT2D eigenvalue weighted by Crippen LogP contribution is -2.28. The van der Waals surface area contributed by atoms with E-state index in [1.807, 2.05) is 31.2 Å². The SMILES string of the molecule is C[C@@H](NC(=O)Cc1ccc(F)c(Br)c1)c1nc2ccccc2[nH]1. The number of carbonyl (C=O) groups is 1. The number of para-hydroxylation sites is 2. The first-order valence-electron chi connectivity index (χ1n) is 7.21. The molecule has 118 valence electrons. The summed E-state index contributed by atoms with van der Waals surface area (Å²) in [5.41, 5.74) is 2.55. The molecule has 0 bridgehead atoms. The molecular weight excluding hydrogens is 361 g/mol. The first-order valence-corrected chi connectivity index (χ1v) is 8.00. The summed E-state index contributed by atoms with van der Waals surface area (Å²) in [7, 11) is 0. The largest absolute Gasteiger partial charge is 0.346 e. The predicted octanol–water partition coefficient (Wildman–Crippen LogP) is 3.88. The van der Waals surface area contributed by atoms with Gasteiger partial charge in [-0.05, 0) is 52.7 Å². The maximum absolute atomic E-state index is 13.2. The number of aromatic amines is 1. The van der Waals surface area contributed by atoms with Crippen molar-refractivity contribution in [3.63, 3.8) is 0 Å². The molecule has 6 heteroatoms. The maximum Gasteiger partial charge on any atom is 0.224 e. The van der Waals surface area contributed by atoms with E-state index in [9.17, 15) is 9.18 Å².